The molecule has 1 aliphatic rings. The van der Waals surface area contributed by atoms with Gasteiger partial charge in [-0.15, -0.1) is 0 Å². The van der Waals surface area contributed by atoms with Crippen molar-refractivity contribution in [1.82, 2.24) is 9.88 Å². The van der Waals surface area contributed by atoms with Crippen LogP contribution in [0.25, 0.3) is 22.4 Å². The van der Waals surface area contributed by atoms with Crippen LogP contribution in [0, 0.1) is 18.6 Å². The molecular weight excluding hydrogens is 485 g/mol. The molecule has 1 aromatic heterocycles. The minimum atomic E-state index is -4.38. The van der Waals surface area contributed by atoms with Crippen LogP contribution in [0.1, 0.15) is 16.8 Å². The molecule has 0 saturated carbocycles. The second kappa shape index (κ2) is 10.0. The van der Waals surface area contributed by atoms with Crippen LogP contribution < -0.4 is 4.90 Å². The molecule has 8 heteroatoms. The van der Waals surface area contributed by atoms with Gasteiger partial charge in [0.25, 0.3) is 0 Å². The van der Waals surface area contributed by atoms with Gasteiger partial charge in [-0.05, 0) is 48.4 Å². The van der Waals surface area contributed by atoms with Crippen molar-refractivity contribution in [2.75, 3.05) is 31.1 Å². The Kier molecular flexibility index (Phi) is 6.77. The number of aryl methyl sites for hydroxylation is 1. The lowest BCUT2D eigenvalue weighted by atomic mass is 9.96. The van der Waals surface area contributed by atoms with Gasteiger partial charge in [-0.1, -0.05) is 36.4 Å². The molecule has 0 amide bonds. The van der Waals surface area contributed by atoms with Gasteiger partial charge in [-0.25, -0.2) is 8.78 Å². The fourth-order valence-corrected chi connectivity index (χ4v) is 4.94. The Morgan fingerprint density at radius 3 is 2.24 bits per heavy atom. The molecule has 0 atom stereocenters. The predicted octanol–water partition coefficient (Wildman–Crippen LogP) is 7.28. The first kappa shape index (κ1) is 25.0. The summed E-state index contributed by atoms with van der Waals surface area (Å²) in [4.78, 5) is 7.57. The van der Waals surface area contributed by atoms with Gasteiger partial charge in [0.15, 0.2) is 0 Å². The van der Waals surface area contributed by atoms with E-state index in [1.165, 1.54) is 24.3 Å². The van der Waals surface area contributed by atoms with Crippen molar-refractivity contribution in [1.29, 1.82) is 0 Å². The van der Waals surface area contributed by atoms with Crippen LogP contribution >= 0.6 is 0 Å². The van der Waals surface area contributed by atoms with Crippen molar-refractivity contribution >= 4 is 5.69 Å². The molecule has 0 spiro atoms. The summed E-state index contributed by atoms with van der Waals surface area (Å²) < 4.78 is 68.2. The fourth-order valence-electron chi connectivity index (χ4n) is 4.94. The molecule has 3 aromatic carbocycles. The third kappa shape index (κ3) is 5.25. The third-order valence-corrected chi connectivity index (χ3v) is 6.87. The number of nitrogens with one attached hydrogen (secondary N) is 1. The summed E-state index contributed by atoms with van der Waals surface area (Å²) >= 11 is 0. The highest BCUT2D eigenvalue weighted by atomic mass is 19.4. The Labute approximate surface area is 212 Å². The second-order valence-electron chi connectivity index (χ2n) is 9.28. The van der Waals surface area contributed by atoms with Crippen LogP contribution in [0.15, 0.2) is 72.8 Å². The first-order valence-electron chi connectivity index (χ1n) is 12.1. The van der Waals surface area contributed by atoms with E-state index >= 15 is 4.39 Å². The number of H-pyrrole nitrogens is 1. The first-order valence-corrected chi connectivity index (χ1v) is 12.1. The Bertz CT molecular complexity index is 1390. The molecule has 192 valence electrons. The van der Waals surface area contributed by atoms with Crippen molar-refractivity contribution in [3.63, 3.8) is 0 Å². The summed E-state index contributed by atoms with van der Waals surface area (Å²) in [6.07, 6.45) is -4.38. The van der Waals surface area contributed by atoms with Gasteiger partial charge in [0.05, 0.1) is 11.3 Å². The highest BCUT2D eigenvalue weighted by Crippen LogP contribution is 2.39. The van der Waals surface area contributed by atoms with Crippen LogP contribution in [-0.4, -0.2) is 36.1 Å². The maximum atomic E-state index is 15.0. The van der Waals surface area contributed by atoms with Gasteiger partial charge in [0, 0.05) is 61.3 Å². The molecule has 0 aliphatic carbocycles. The number of rotatable bonds is 5. The van der Waals surface area contributed by atoms with Crippen molar-refractivity contribution < 1.29 is 22.0 Å². The molecule has 0 radical (unpaired) electrons. The van der Waals surface area contributed by atoms with Gasteiger partial charge >= 0.3 is 6.18 Å². The summed E-state index contributed by atoms with van der Waals surface area (Å²) in [6, 6.07) is 18.6. The topological polar surface area (TPSA) is 22.3 Å². The van der Waals surface area contributed by atoms with Crippen molar-refractivity contribution in [3.8, 4) is 22.4 Å². The summed E-state index contributed by atoms with van der Waals surface area (Å²) in [5, 5.41) is 0. The van der Waals surface area contributed by atoms with Crippen molar-refractivity contribution in [3.05, 3.63) is 101 Å². The Morgan fingerprint density at radius 1 is 0.838 bits per heavy atom. The van der Waals surface area contributed by atoms with E-state index in [9.17, 15) is 17.6 Å². The molecule has 0 unspecified atom stereocenters. The number of aromatic amines is 1. The van der Waals surface area contributed by atoms with Crippen LogP contribution in [-0.2, 0) is 12.7 Å². The van der Waals surface area contributed by atoms with Gasteiger partial charge in [-0.2, -0.15) is 13.2 Å². The lowest BCUT2D eigenvalue weighted by molar-refractivity contribution is -0.137. The lowest BCUT2D eigenvalue weighted by Gasteiger charge is -2.36. The molecule has 3 nitrogen and oxygen atoms in total. The molecule has 4 aromatic rings. The summed E-state index contributed by atoms with van der Waals surface area (Å²) in [5.74, 6) is -1.27. The van der Waals surface area contributed by atoms with Gasteiger partial charge in [0.1, 0.15) is 11.6 Å². The summed E-state index contributed by atoms with van der Waals surface area (Å²) in [6.45, 7) is 4.86. The minimum Gasteiger partial charge on any atom is -0.369 e. The smallest absolute Gasteiger partial charge is 0.369 e. The largest absolute Gasteiger partial charge is 0.416 e. The van der Waals surface area contributed by atoms with Crippen LogP contribution in [0.4, 0.5) is 27.6 Å². The monoisotopic (exact) mass is 511 g/mol. The molecule has 1 saturated heterocycles. The Morgan fingerprint density at radius 2 is 1.57 bits per heavy atom. The van der Waals surface area contributed by atoms with E-state index in [0.717, 1.165) is 34.6 Å². The van der Waals surface area contributed by atoms with E-state index < -0.39 is 23.4 Å². The highest BCUT2D eigenvalue weighted by molar-refractivity contribution is 5.85. The quantitative estimate of drug-likeness (QED) is 0.285. The number of hydrogen-bond donors (Lipinski definition) is 1. The standard InChI is InChI=1S/C29H26F5N3/c1-19-25(18-36-12-14-37(15-13-36)23-9-5-8-21(16-23)29(32,33)34)27(24-11-10-22(30)17-26(24)31)28(35-19)20-6-3-2-4-7-20/h2-11,16-17,35H,12-15,18H2,1H3. The zero-order valence-electron chi connectivity index (χ0n) is 20.2. The lowest BCUT2D eigenvalue weighted by Crippen LogP contribution is -2.46. The number of anilines is 1. The molecule has 0 bridgehead atoms. The molecule has 37 heavy (non-hydrogen) atoms. The van der Waals surface area contributed by atoms with E-state index in [1.807, 2.05) is 42.2 Å². The number of aromatic nitrogens is 1. The van der Waals surface area contributed by atoms with Crippen molar-refractivity contribution in [2.45, 2.75) is 19.6 Å². The zero-order valence-corrected chi connectivity index (χ0v) is 20.2. The van der Waals surface area contributed by atoms with E-state index in [0.29, 0.717) is 49.5 Å². The predicted molar refractivity (Wildman–Crippen MR) is 135 cm³/mol. The highest BCUT2D eigenvalue weighted by Gasteiger charge is 2.31. The molecule has 1 N–H and O–H groups in total. The first-order chi connectivity index (χ1) is 17.7. The summed E-state index contributed by atoms with van der Waals surface area (Å²) in [7, 11) is 0. The number of benzene rings is 3. The average molecular weight is 512 g/mol. The van der Waals surface area contributed by atoms with Crippen LogP contribution in [0.2, 0.25) is 0 Å². The number of halogens is 5. The Hall–Kier alpha value is -3.65. The van der Waals surface area contributed by atoms with Crippen molar-refractivity contribution in [2.24, 2.45) is 0 Å². The molecule has 1 aliphatic heterocycles. The SMILES string of the molecule is Cc1[nH]c(-c2ccccc2)c(-c2ccc(F)cc2F)c1CN1CCN(c2cccc(C(F)(F)F)c2)CC1. The van der Waals surface area contributed by atoms with Gasteiger partial charge in [0.2, 0.25) is 0 Å². The zero-order chi connectivity index (χ0) is 26.2. The van der Waals surface area contributed by atoms with Gasteiger partial charge < -0.3 is 9.88 Å². The van der Waals surface area contributed by atoms with E-state index in [1.54, 1.807) is 6.07 Å². The normalized spacial score (nSPS) is 14.8. The number of piperazine rings is 1. The number of hydrogen-bond acceptors (Lipinski definition) is 2. The molecular formula is C29H26F5N3. The second-order valence-corrected chi connectivity index (χ2v) is 9.28. The summed E-state index contributed by atoms with van der Waals surface area (Å²) in [5.41, 5.74) is 4.37. The number of alkyl halides is 3. The molecule has 2 heterocycles. The number of nitrogens with zero attached hydrogens (tertiary/aromatic N) is 2. The van der Waals surface area contributed by atoms with E-state index in [4.69, 9.17) is 0 Å². The maximum Gasteiger partial charge on any atom is 0.416 e. The minimum absolute atomic E-state index is 0.321. The average Bonchev–Trinajstić information content (AvgIpc) is 3.20. The third-order valence-electron chi connectivity index (χ3n) is 6.87. The van der Waals surface area contributed by atoms with Gasteiger partial charge in [-0.3, -0.25) is 4.90 Å². The molecule has 1 fully saturated rings. The van der Waals surface area contributed by atoms with E-state index in [2.05, 4.69) is 9.88 Å². The van der Waals surface area contributed by atoms with E-state index in [-0.39, 0.29) is 0 Å². The maximum absolute atomic E-state index is 15.0. The fraction of sp³-hybridized carbons (Fsp3) is 0.241. The van der Waals surface area contributed by atoms with Crippen LogP contribution in [0.5, 0.6) is 0 Å². The Balaban J connectivity index is 1.42. The van der Waals surface area contributed by atoms with Crippen LogP contribution in [0.3, 0.4) is 0 Å². The molecule has 5 rings (SSSR count).